The maximum atomic E-state index is 5.33. The molecule has 0 radical (unpaired) electrons. The third-order valence-corrected chi connectivity index (χ3v) is 4.09. The van der Waals surface area contributed by atoms with Gasteiger partial charge in [-0.3, -0.25) is 0 Å². The van der Waals surface area contributed by atoms with Crippen LogP contribution in [0.15, 0.2) is 70.9 Å². The number of azo groups is 1. The molecular formula is C21H23N3O2. The molecule has 0 amide bonds. The van der Waals surface area contributed by atoms with Gasteiger partial charge < -0.3 is 14.8 Å². The number of methoxy groups -OCH3 is 2. The number of rotatable bonds is 8. The van der Waals surface area contributed by atoms with Crippen LogP contribution < -0.4 is 10.1 Å². The monoisotopic (exact) mass is 349 g/mol. The summed E-state index contributed by atoms with van der Waals surface area (Å²) in [4.78, 5) is 0. The Hall–Kier alpha value is -2.92. The lowest BCUT2D eigenvalue weighted by Crippen LogP contribution is -2.04. The van der Waals surface area contributed by atoms with E-state index in [1.54, 1.807) is 14.2 Å². The van der Waals surface area contributed by atoms with E-state index in [0.29, 0.717) is 11.4 Å². The zero-order valence-electron chi connectivity index (χ0n) is 15.1. The van der Waals surface area contributed by atoms with Gasteiger partial charge in [0.25, 0.3) is 0 Å². The van der Waals surface area contributed by atoms with Crippen molar-refractivity contribution in [1.29, 1.82) is 0 Å². The fourth-order valence-corrected chi connectivity index (χ4v) is 2.78. The second kappa shape index (κ2) is 8.97. The molecule has 0 aliphatic heterocycles. The topological polar surface area (TPSA) is 55.2 Å². The van der Waals surface area contributed by atoms with Crippen LogP contribution in [0.25, 0.3) is 10.8 Å². The van der Waals surface area contributed by atoms with Crippen LogP contribution in [-0.4, -0.2) is 27.4 Å². The van der Waals surface area contributed by atoms with Crippen LogP contribution in [-0.2, 0) is 4.74 Å². The van der Waals surface area contributed by atoms with E-state index < -0.39 is 0 Å². The van der Waals surface area contributed by atoms with Crippen LogP contribution in [0, 0.1) is 0 Å². The number of para-hydroxylation sites is 1. The molecule has 0 heterocycles. The van der Waals surface area contributed by atoms with E-state index >= 15 is 0 Å². The lowest BCUT2D eigenvalue weighted by Gasteiger charge is -2.11. The molecule has 1 N–H and O–H groups in total. The molecule has 0 saturated heterocycles. The SMILES string of the molecule is COCCCNc1ccc(N=Nc2ccccc2OC)c2ccccc12. The molecule has 5 heteroatoms. The van der Waals surface area contributed by atoms with Gasteiger partial charge in [-0.2, -0.15) is 0 Å². The maximum Gasteiger partial charge on any atom is 0.146 e. The van der Waals surface area contributed by atoms with Crippen molar-refractivity contribution < 1.29 is 9.47 Å². The fourth-order valence-electron chi connectivity index (χ4n) is 2.78. The van der Waals surface area contributed by atoms with E-state index in [4.69, 9.17) is 9.47 Å². The minimum Gasteiger partial charge on any atom is -0.494 e. The van der Waals surface area contributed by atoms with E-state index in [0.717, 1.165) is 41.7 Å². The van der Waals surface area contributed by atoms with Gasteiger partial charge in [0.15, 0.2) is 0 Å². The molecule has 0 bridgehead atoms. The Labute approximate surface area is 153 Å². The quantitative estimate of drug-likeness (QED) is 0.418. The number of nitrogens with zero attached hydrogens (tertiary/aromatic N) is 2. The molecule has 3 rings (SSSR count). The van der Waals surface area contributed by atoms with E-state index in [9.17, 15) is 0 Å². The van der Waals surface area contributed by atoms with Crippen LogP contribution in [0.5, 0.6) is 5.75 Å². The summed E-state index contributed by atoms with van der Waals surface area (Å²) in [5.41, 5.74) is 2.63. The zero-order chi connectivity index (χ0) is 18.2. The molecule has 0 spiro atoms. The summed E-state index contributed by atoms with van der Waals surface area (Å²) in [5.74, 6) is 0.706. The first-order valence-corrected chi connectivity index (χ1v) is 8.63. The first-order chi connectivity index (χ1) is 12.8. The van der Waals surface area contributed by atoms with E-state index in [2.05, 4.69) is 27.7 Å². The molecule has 5 nitrogen and oxygen atoms in total. The highest BCUT2D eigenvalue weighted by molar-refractivity contribution is 6.00. The zero-order valence-corrected chi connectivity index (χ0v) is 15.1. The summed E-state index contributed by atoms with van der Waals surface area (Å²) < 4.78 is 10.4. The van der Waals surface area contributed by atoms with Crippen molar-refractivity contribution in [1.82, 2.24) is 0 Å². The number of hydrogen-bond donors (Lipinski definition) is 1. The molecule has 0 saturated carbocycles. The molecule has 134 valence electrons. The number of fused-ring (bicyclic) bond motifs is 1. The van der Waals surface area contributed by atoms with E-state index in [1.807, 2.05) is 48.5 Å². The lowest BCUT2D eigenvalue weighted by molar-refractivity contribution is 0.198. The molecule has 0 aromatic heterocycles. The fraction of sp³-hybridized carbons (Fsp3) is 0.238. The second-order valence-corrected chi connectivity index (χ2v) is 5.82. The third kappa shape index (κ3) is 4.18. The minimum absolute atomic E-state index is 0.706. The van der Waals surface area contributed by atoms with Gasteiger partial charge >= 0.3 is 0 Å². The molecule has 0 atom stereocenters. The van der Waals surface area contributed by atoms with Crippen LogP contribution in [0.4, 0.5) is 17.1 Å². The molecule has 0 fully saturated rings. The van der Waals surface area contributed by atoms with Gasteiger partial charge in [-0.15, -0.1) is 10.2 Å². The Morgan fingerprint density at radius 3 is 2.35 bits per heavy atom. The normalized spacial score (nSPS) is 11.2. The Kier molecular flexibility index (Phi) is 6.17. The smallest absolute Gasteiger partial charge is 0.146 e. The van der Waals surface area contributed by atoms with Crippen molar-refractivity contribution in [2.45, 2.75) is 6.42 Å². The van der Waals surface area contributed by atoms with Crippen LogP contribution in [0.1, 0.15) is 6.42 Å². The Morgan fingerprint density at radius 1 is 0.808 bits per heavy atom. The third-order valence-electron chi connectivity index (χ3n) is 4.09. The summed E-state index contributed by atoms with van der Waals surface area (Å²) in [5, 5.41) is 14.5. The van der Waals surface area contributed by atoms with Crippen molar-refractivity contribution in [3.8, 4) is 5.75 Å². The van der Waals surface area contributed by atoms with Crippen molar-refractivity contribution in [2.75, 3.05) is 32.7 Å². The van der Waals surface area contributed by atoms with Crippen LogP contribution >= 0.6 is 0 Å². The van der Waals surface area contributed by atoms with Gasteiger partial charge in [0.1, 0.15) is 11.4 Å². The van der Waals surface area contributed by atoms with Crippen LogP contribution in [0.3, 0.4) is 0 Å². The van der Waals surface area contributed by atoms with Crippen molar-refractivity contribution in [3.63, 3.8) is 0 Å². The standard InChI is InChI=1S/C21H23N3O2/c1-25-15-7-14-22-18-12-13-19(17-9-4-3-8-16(17)18)23-24-20-10-5-6-11-21(20)26-2/h3-6,8-13,22H,7,14-15H2,1-2H3. The largest absolute Gasteiger partial charge is 0.494 e. The molecular weight excluding hydrogens is 326 g/mol. The predicted octanol–water partition coefficient (Wildman–Crippen LogP) is 5.71. The second-order valence-electron chi connectivity index (χ2n) is 5.82. The molecule has 3 aromatic rings. The molecule has 0 aliphatic rings. The van der Waals surface area contributed by atoms with E-state index in [-0.39, 0.29) is 0 Å². The molecule has 0 aliphatic carbocycles. The van der Waals surface area contributed by atoms with E-state index in [1.165, 1.54) is 0 Å². The van der Waals surface area contributed by atoms with Crippen molar-refractivity contribution in [2.24, 2.45) is 10.2 Å². The van der Waals surface area contributed by atoms with Crippen molar-refractivity contribution >= 4 is 27.8 Å². The van der Waals surface area contributed by atoms with Gasteiger partial charge in [-0.1, -0.05) is 36.4 Å². The van der Waals surface area contributed by atoms with Gasteiger partial charge in [0.05, 0.1) is 12.8 Å². The summed E-state index contributed by atoms with van der Waals surface area (Å²) in [6, 6.07) is 19.8. The highest BCUT2D eigenvalue weighted by atomic mass is 16.5. The molecule has 0 unspecified atom stereocenters. The number of hydrogen-bond acceptors (Lipinski definition) is 5. The van der Waals surface area contributed by atoms with Gasteiger partial charge in [-0.25, -0.2) is 0 Å². The van der Waals surface area contributed by atoms with Gasteiger partial charge in [0, 0.05) is 36.7 Å². The first-order valence-electron chi connectivity index (χ1n) is 8.63. The summed E-state index contributed by atoms with van der Waals surface area (Å²) >= 11 is 0. The van der Waals surface area contributed by atoms with Crippen LogP contribution in [0.2, 0.25) is 0 Å². The maximum absolute atomic E-state index is 5.33. The molecule has 26 heavy (non-hydrogen) atoms. The number of anilines is 1. The van der Waals surface area contributed by atoms with Gasteiger partial charge in [-0.05, 0) is 30.7 Å². The predicted molar refractivity (Wildman–Crippen MR) is 106 cm³/mol. The Morgan fingerprint density at radius 2 is 1.54 bits per heavy atom. The van der Waals surface area contributed by atoms with Crippen molar-refractivity contribution in [3.05, 3.63) is 60.7 Å². The number of ether oxygens (including phenoxy) is 2. The first kappa shape index (κ1) is 17.9. The average molecular weight is 349 g/mol. The number of benzene rings is 3. The molecule has 3 aromatic carbocycles. The highest BCUT2D eigenvalue weighted by Crippen LogP contribution is 2.34. The lowest BCUT2D eigenvalue weighted by atomic mass is 10.1. The summed E-state index contributed by atoms with van der Waals surface area (Å²) in [6.45, 7) is 1.61. The Balaban J connectivity index is 1.89. The number of nitrogens with one attached hydrogen (secondary N) is 1. The highest BCUT2D eigenvalue weighted by Gasteiger charge is 2.06. The summed E-state index contributed by atoms with van der Waals surface area (Å²) in [7, 11) is 3.35. The minimum atomic E-state index is 0.706. The Bertz CT molecular complexity index is 893. The summed E-state index contributed by atoms with van der Waals surface area (Å²) in [6.07, 6.45) is 0.958. The van der Waals surface area contributed by atoms with Gasteiger partial charge in [0.2, 0.25) is 0 Å². The average Bonchev–Trinajstić information content (AvgIpc) is 2.70.